The molecule has 0 fully saturated rings. The Morgan fingerprint density at radius 1 is 1.43 bits per heavy atom. The van der Waals surface area contributed by atoms with E-state index in [4.69, 9.17) is 16.3 Å². The van der Waals surface area contributed by atoms with Crippen molar-refractivity contribution in [1.29, 1.82) is 0 Å². The Bertz CT molecular complexity index is 673. The van der Waals surface area contributed by atoms with Crippen LogP contribution in [0, 0.1) is 0 Å². The van der Waals surface area contributed by atoms with Crippen LogP contribution in [0.4, 0.5) is 0 Å². The van der Waals surface area contributed by atoms with Crippen LogP contribution in [0.25, 0.3) is 0 Å². The molecular weight excluding hydrogens is 374 g/mol. The molecule has 1 aromatic heterocycles. The first-order valence-corrected chi connectivity index (χ1v) is 8.59. The third kappa shape index (κ3) is 3.42. The van der Waals surface area contributed by atoms with Crippen LogP contribution in [0.15, 0.2) is 34.1 Å². The molecule has 3 nitrogen and oxygen atoms in total. The molecule has 1 aromatic carbocycles. The lowest BCUT2D eigenvalue weighted by Gasteiger charge is -2.27. The number of amides is 1. The van der Waals surface area contributed by atoms with Crippen LogP contribution < -0.4 is 4.74 Å². The van der Waals surface area contributed by atoms with E-state index in [-0.39, 0.29) is 12.5 Å². The minimum atomic E-state index is -0.0112. The summed E-state index contributed by atoms with van der Waals surface area (Å²) in [4.78, 5) is 15.5. The van der Waals surface area contributed by atoms with Crippen LogP contribution in [-0.4, -0.2) is 24.0 Å². The van der Waals surface area contributed by atoms with Gasteiger partial charge in [-0.25, -0.2) is 0 Å². The quantitative estimate of drug-likeness (QED) is 0.794. The summed E-state index contributed by atoms with van der Waals surface area (Å²) in [5, 5.41) is 2.58. The maximum absolute atomic E-state index is 12.2. The molecular formula is C15H13BrClNO2S. The number of hydrogen-bond acceptors (Lipinski definition) is 3. The molecule has 1 amide bonds. The normalized spacial score (nSPS) is 13.9. The van der Waals surface area contributed by atoms with Gasteiger partial charge in [0.15, 0.2) is 6.61 Å². The largest absolute Gasteiger partial charge is 0.482 e. The van der Waals surface area contributed by atoms with Gasteiger partial charge in [0, 0.05) is 22.4 Å². The predicted molar refractivity (Wildman–Crippen MR) is 88.1 cm³/mol. The van der Waals surface area contributed by atoms with Crippen molar-refractivity contribution in [3.63, 3.8) is 0 Å². The summed E-state index contributed by atoms with van der Waals surface area (Å²) in [6, 6.07) is 7.43. The van der Waals surface area contributed by atoms with Gasteiger partial charge in [-0.1, -0.05) is 27.5 Å². The van der Waals surface area contributed by atoms with Gasteiger partial charge in [-0.2, -0.15) is 0 Å². The lowest BCUT2D eigenvalue weighted by atomic mass is 10.1. The molecule has 2 heterocycles. The van der Waals surface area contributed by atoms with Crippen molar-refractivity contribution in [2.45, 2.75) is 13.0 Å². The Labute approximate surface area is 140 Å². The Balaban J connectivity index is 1.61. The lowest BCUT2D eigenvalue weighted by Crippen LogP contribution is -2.38. The third-order valence-corrected chi connectivity index (χ3v) is 5.23. The van der Waals surface area contributed by atoms with Gasteiger partial charge in [0.05, 0.1) is 5.02 Å². The van der Waals surface area contributed by atoms with E-state index in [9.17, 15) is 4.79 Å². The number of rotatable bonds is 3. The third-order valence-electron chi connectivity index (χ3n) is 3.40. The number of ether oxygens (including phenoxy) is 1. The average Bonchev–Trinajstić information content (AvgIpc) is 2.95. The van der Waals surface area contributed by atoms with Gasteiger partial charge in [-0.15, -0.1) is 11.3 Å². The van der Waals surface area contributed by atoms with Crippen LogP contribution in [0.1, 0.15) is 10.4 Å². The molecule has 0 saturated carbocycles. The molecule has 1 aliphatic heterocycles. The summed E-state index contributed by atoms with van der Waals surface area (Å²) in [7, 11) is 0. The fourth-order valence-electron chi connectivity index (χ4n) is 2.28. The molecule has 0 spiro atoms. The van der Waals surface area contributed by atoms with E-state index in [2.05, 4.69) is 27.4 Å². The van der Waals surface area contributed by atoms with E-state index in [1.165, 1.54) is 10.4 Å². The van der Waals surface area contributed by atoms with Gasteiger partial charge in [-0.3, -0.25) is 4.79 Å². The summed E-state index contributed by atoms with van der Waals surface area (Å²) >= 11 is 11.2. The summed E-state index contributed by atoms with van der Waals surface area (Å²) in [6.45, 7) is 1.44. The molecule has 6 heteroatoms. The Morgan fingerprint density at radius 2 is 2.29 bits per heavy atom. The second-order valence-electron chi connectivity index (χ2n) is 4.80. The van der Waals surface area contributed by atoms with E-state index >= 15 is 0 Å². The van der Waals surface area contributed by atoms with Gasteiger partial charge < -0.3 is 9.64 Å². The lowest BCUT2D eigenvalue weighted by molar-refractivity contribution is -0.134. The van der Waals surface area contributed by atoms with E-state index < -0.39 is 0 Å². The SMILES string of the molecule is O=C(COc1cc(Br)ccc1Cl)N1CCc2sccc2C1. The molecule has 3 rings (SSSR count). The molecule has 2 aromatic rings. The van der Waals surface area contributed by atoms with Crippen LogP contribution >= 0.6 is 38.9 Å². The molecule has 1 aliphatic rings. The first-order chi connectivity index (χ1) is 10.1. The molecule has 0 N–H and O–H groups in total. The predicted octanol–water partition coefficient (Wildman–Crippen LogP) is 4.13. The van der Waals surface area contributed by atoms with Crippen molar-refractivity contribution < 1.29 is 9.53 Å². The van der Waals surface area contributed by atoms with Gasteiger partial charge in [0.2, 0.25) is 0 Å². The number of hydrogen-bond donors (Lipinski definition) is 0. The zero-order chi connectivity index (χ0) is 14.8. The highest BCUT2D eigenvalue weighted by Crippen LogP contribution is 2.28. The zero-order valence-electron chi connectivity index (χ0n) is 11.1. The Morgan fingerprint density at radius 3 is 3.14 bits per heavy atom. The number of benzene rings is 1. The minimum Gasteiger partial charge on any atom is -0.482 e. The fraction of sp³-hybridized carbons (Fsp3) is 0.267. The average molecular weight is 387 g/mol. The number of carbonyl (C=O) groups is 1. The topological polar surface area (TPSA) is 29.5 Å². The molecule has 0 bridgehead atoms. The highest BCUT2D eigenvalue weighted by molar-refractivity contribution is 9.10. The van der Waals surface area contributed by atoms with Crippen LogP contribution in [0.5, 0.6) is 5.75 Å². The minimum absolute atomic E-state index is 0.00957. The van der Waals surface area contributed by atoms with E-state index in [0.29, 0.717) is 17.3 Å². The number of halogens is 2. The van der Waals surface area contributed by atoms with Crippen LogP contribution in [0.3, 0.4) is 0 Å². The molecule has 0 aliphatic carbocycles. The first kappa shape index (κ1) is 14.9. The second kappa shape index (κ2) is 6.38. The highest BCUT2D eigenvalue weighted by Gasteiger charge is 2.21. The zero-order valence-corrected chi connectivity index (χ0v) is 14.3. The fourth-order valence-corrected chi connectivity index (χ4v) is 3.68. The summed E-state index contributed by atoms with van der Waals surface area (Å²) in [6.07, 6.45) is 0.927. The molecule has 110 valence electrons. The summed E-state index contributed by atoms with van der Waals surface area (Å²) in [5.41, 5.74) is 1.25. The smallest absolute Gasteiger partial charge is 0.260 e. The van der Waals surface area contributed by atoms with Gasteiger partial charge in [-0.05, 0) is 41.6 Å². The van der Waals surface area contributed by atoms with Gasteiger partial charge in [0.1, 0.15) is 5.75 Å². The Hall–Kier alpha value is -1.04. The molecule has 21 heavy (non-hydrogen) atoms. The highest BCUT2D eigenvalue weighted by atomic mass is 79.9. The first-order valence-electron chi connectivity index (χ1n) is 6.54. The molecule has 0 unspecified atom stereocenters. The van der Waals surface area contributed by atoms with Crippen molar-refractivity contribution in [3.8, 4) is 5.75 Å². The van der Waals surface area contributed by atoms with Crippen molar-refractivity contribution in [3.05, 3.63) is 49.6 Å². The van der Waals surface area contributed by atoms with Crippen molar-refractivity contribution in [2.24, 2.45) is 0 Å². The van der Waals surface area contributed by atoms with Crippen molar-refractivity contribution in [1.82, 2.24) is 4.90 Å². The van der Waals surface area contributed by atoms with E-state index in [0.717, 1.165) is 17.4 Å². The molecule has 0 atom stereocenters. The van der Waals surface area contributed by atoms with Crippen LogP contribution in [-0.2, 0) is 17.8 Å². The number of carbonyl (C=O) groups excluding carboxylic acids is 1. The van der Waals surface area contributed by atoms with Crippen molar-refractivity contribution >= 4 is 44.8 Å². The van der Waals surface area contributed by atoms with Gasteiger partial charge in [0.25, 0.3) is 5.91 Å². The number of nitrogens with zero attached hydrogens (tertiary/aromatic N) is 1. The van der Waals surface area contributed by atoms with E-state index in [1.807, 2.05) is 11.0 Å². The summed E-state index contributed by atoms with van der Waals surface area (Å²) < 4.78 is 6.42. The maximum atomic E-state index is 12.2. The van der Waals surface area contributed by atoms with Gasteiger partial charge >= 0.3 is 0 Å². The maximum Gasteiger partial charge on any atom is 0.260 e. The monoisotopic (exact) mass is 385 g/mol. The molecule has 0 saturated heterocycles. The number of thiophene rings is 1. The number of fused-ring (bicyclic) bond motifs is 1. The summed E-state index contributed by atoms with van der Waals surface area (Å²) in [5.74, 6) is 0.510. The van der Waals surface area contributed by atoms with Crippen molar-refractivity contribution in [2.75, 3.05) is 13.2 Å². The second-order valence-corrected chi connectivity index (χ2v) is 7.12. The standard InChI is InChI=1S/C15H13BrClNO2S/c16-11-1-2-12(17)13(7-11)20-9-15(19)18-5-3-14-10(8-18)4-6-21-14/h1-2,4,6-7H,3,5,8-9H2. The molecule has 0 radical (unpaired) electrons. The van der Waals surface area contributed by atoms with E-state index in [1.54, 1.807) is 23.5 Å². The Kier molecular flexibility index (Phi) is 4.52. The van der Waals surface area contributed by atoms with Crippen LogP contribution in [0.2, 0.25) is 5.02 Å².